The van der Waals surface area contributed by atoms with Crippen molar-refractivity contribution in [1.29, 1.82) is 0 Å². The van der Waals surface area contributed by atoms with Gasteiger partial charge < -0.3 is 5.73 Å². The molecule has 0 spiro atoms. The molecule has 0 bridgehead atoms. The number of benzene rings is 1. The predicted molar refractivity (Wildman–Crippen MR) is 58.5 cm³/mol. The van der Waals surface area contributed by atoms with Crippen molar-refractivity contribution in [3.63, 3.8) is 0 Å². The van der Waals surface area contributed by atoms with Crippen LogP contribution in [0.15, 0.2) is 23.2 Å². The molecule has 0 fully saturated rings. The smallest absolute Gasteiger partial charge is 0.203 e. The first-order valence-corrected chi connectivity index (χ1v) is 4.60. The summed E-state index contributed by atoms with van der Waals surface area (Å²) in [6.07, 6.45) is 0. The van der Waals surface area contributed by atoms with Gasteiger partial charge in [0.15, 0.2) is 0 Å². The number of halogens is 1. The number of aryl methyl sites for hydroxylation is 1. The van der Waals surface area contributed by atoms with E-state index in [9.17, 15) is 4.39 Å². The van der Waals surface area contributed by atoms with Crippen molar-refractivity contribution in [2.45, 2.75) is 19.9 Å². The van der Waals surface area contributed by atoms with Crippen LogP contribution in [0.3, 0.4) is 0 Å². The summed E-state index contributed by atoms with van der Waals surface area (Å²) >= 11 is 0. The maximum Gasteiger partial charge on any atom is 0.203 e. The molecule has 0 aliphatic carbocycles. The third-order valence-corrected chi connectivity index (χ3v) is 2.16. The molecular weight excluding hydrogens is 195 g/mol. The van der Waals surface area contributed by atoms with Gasteiger partial charge in [0.25, 0.3) is 0 Å². The van der Waals surface area contributed by atoms with Crippen LogP contribution in [0, 0.1) is 12.7 Å². The Hall–Kier alpha value is -1.62. The number of guanidine groups is 1. The van der Waals surface area contributed by atoms with E-state index < -0.39 is 0 Å². The van der Waals surface area contributed by atoms with Crippen molar-refractivity contribution in [2.75, 3.05) is 0 Å². The zero-order valence-electron chi connectivity index (χ0n) is 8.79. The van der Waals surface area contributed by atoms with Crippen LogP contribution >= 0.6 is 0 Å². The number of nitrogens with two attached hydrogens (primary N) is 2. The summed E-state index contributed by atoms with van der Waals surface area (Å²) in [7, 11) is 0. The lowest BCUT2D eigenvalue weighted by molar-refractivity contribution is 0.613. The minimum atomic E-state index is -0.242. The number of aliphatic imine (C=N–C) groups is 1. The average Bonchev–Trinajstić information content (AvgIpc) is 2.21. The quantitative estimate of drug-likeness (QED) is 0.295. The molecule has 0 saturated heterocycles. The molecule has 5 heteroatoms. The zero-order chi connectivity index (χ0) is 11.4. The summed E-state index contributed by atoms with van der Waals surface area (Å²) in [5.41, 5.74) is 9.00. The highest BCUT2D eigenvalue weighted by molar-refractivity contribution is 5.77. The van der Waals surface area contributed by atoms with Gasteiger partial charge in [0.05, 0.1) is 6.04 Å². The molecule has 0 aliphatic rings. The van der Waals surface area contributed by atoms with E-state index in [4.69, 9.17) is 11.6 Å². The number of hydrazine groups is 1. The maximum absolute atomic E-state index is 13.2. The molecule has 0 heterocycles. The van der Waals surface area contributed by atoms with Gasteiger partial charge in [0.2, 0.25) is 5.96 Å². The van der Waals surface area contributed by atoms with Gasteiger partial charge in [-0.1, -0.05) is 12.1 Å². The second-order valence-corrected chi connectivity index (χ2v) is 3.34. The first-order chi connectivity index (χ1) is 7.04. The lowest BCUT2D eigenvalue weighted by Gasteiger charge is -2.09. The molecule has 1 aromatic carbocycles. The van der Waals surface area contributed by atoms with E-state index in [1.165, 1.54) is 6.07 Å². The average molecular weight is 210 g/mol. The Kier molecular flexibility index (Phi) is 3.62. The molecule has 1 rings (SSSR count). The summed E-state index contributed by atoms with van der Waals surface area (Å²) in [6.45, 7) is 3.52. The molecule has 0 radical (unpaired) electrons. The fourth-order valence-corrected chi connectivity index (χ4v) is 1.19. The molecule has 0 aliphatic heterocycles. The summed E-state index contributed by atoms with van der Waals surface area (Å²) < 4.78 is 13.2. The molecule has 1 unspecified atom stereocenters. The van der Waals surface area contributed by atoms with Gasteiger partial charge >= 0.3 is 0 Å². The second-order valence-electron chi connectivity index (χ2n) is 3.34. The van der Waals surface area contributed by atoms with Crippen LogP contribution in [-0.4, -0.2) is 5.96 Å². The monoisotopic (exact) mass is 210 g/mol. The molecule has 0 saturated carbocycles. The van der Waals surface area contributed by atoms with Gasteiger partial charge in [-0.3, -0.25) is 5.43 Å². The van der Waals surface area contributed by atoms with E-state index in [0.717, 1.165) is 5.56 Å². The van der Waals surface area contributed by atoms with E-state index in [1.807, 2.05) is 13.0 Å². The largest absolute Gasteiger partial charge is 0.369 e. The Morgan fingerprint density at radius 2 is 2.20 bits per heavy atom. The fourth-order valence-electron chi connectivity index (χ4n) is 1.19. The van der Waals surface area contributed by atoms with Crippen molar-refractivity contribution in [1.82, 2.24) is 5.43 Å². The second kappa shape index (κ2) is 4.75. The third kappa shape index (κ3) is 2.92. The first kappa shape index (κ1) is 11.5. The van der Waals surface area contributed by atoms with E-state index in [-0.39, 0.29) is 17.8 Å². The fraction of sp³-hybridized carbons (Fsp3) is 0.300. The number of nitrogens with zero attached hydrogens (tertiary/aromatic N) is 1. The van der Waals surface area contributed by atoms with Crippen molar-refractivity contribution in [3.05, 3.63) is 35.1 Å². The normalized spacial score (nSPS) is 13.7. The Bertz CT molecular complexity index is 376. The van der Waals surface area contributed by atoms with E-state index in [0.29, 0.717) is 5.56 Å². The zero-order valence-corrected chi connectivity index (χ0v) is 8.79. The number of hydrogen-bond donors (Lipinski definition) is 3. The van der Waals surface area contributed by atoms with Gasteiger partial charge in [0.1, 0.15) is 5.82 Å². The van der Waals surface area contributed by atoms with Gasteiger partial charge in [-0.05, 0) is 31.0 Å². The van der Waals surface area contributed by atoms with Crippen LogP contribution in [-0.2, 0) is 0 Å². The van der Waals surface area contributed by atoms with Crippen LogP contribution in [0.5, 0.6) is 0 Å². The van der Waals surface area contributed by atoms with Crippen molar-refractivity contribution in [2.24, 2.45) is 16.6 Å². The highest BCUT2D eigenvalue weighted by Crippen LogP contribution is 2.19. The SMILES string of the molecule is Cc1ccc(C(C)N=C(N)NN)cc1F. The Morgan fingerprint density at radius 3 is 2.73 bits per heavy atom. The van der Waals surface area contributed by atoms with Gasteiger partial charge in [0, 0.05) is 0 Å². The molecule has 0 aromatic heterocycles. The van der Waals surface area contributed by atoms with Crippen LogP contribution in [0.25, 0.3) is 0 Å². The Labute approximate surface area is 88.2 Å². The topological polar surface area (TPSA) is 76.4 Å². The summed E-state index contributed by atoms with van der Waals surface area (Å²) in [6, 6.07) is 4.75. The molecular formula is C10H15FN4. The molecule has 1 atom stereocenters. The molecule has 1 aromatic rings. The minimum absolute atomic E-state index is 0.128. The van der Waals surface area contributed by atoms with Gasteiger partial charge in [-0.2, -0.15) is 0 Å². The van der Waals surface area contributed by atoms with Gasteiger partial charge in [-0.25, -0.2) is 15.2 Å². The van der Waals surface area contributed by atoms with Crippen LogP contribution < -0.4 is 17.0 Å². The number of nitrogens with one attached hydrogen (secondary N) is 1. The molecule has 15 heavy (non-hydrogen) atoms. The molecule has 0 amide bonds. The van der Waals surface area contributed by atoms with Gasteiger partial charge in [-0.15, -0.1) is 0 Å². The van der Waals surface area contributed by atoms with Crippen LogP contribution in [0.2, 0.25) is 0 Å². The van der Waals surface area contributed by atoms with Crippen molar-refractivity contribution in [3.8, 4) is 0 Å². The minimum Gasteiger partial charge on any atom is -0.369 e. The highest BCUT2D eigenvalue weighted by Gasteiger charge is 2.06. The third-order valence-electron chi connectivity index (χ3n) is 2.16. The number of rotatable bonds is 2. The molecule has 4 nitrogen and oxygen atoms in total. The number of hydrogen-bond acceptors (Lipinski definition) is 2. The predicted octanol–water partition coefficient (Wildman–Crippen LogP) is 0.973. The van der Waals surface area contributed by atoms with E-state index in [1.54, 1.807) is 13.0 Å². The summed E-state index contributed by atoms with van der Waals surface area (Å²) in [4.78, 5) is 4.03. The maximum atomic E-state index is 13.2. The lowest BCUT2D eigenvalue weighted by Crippen LogP contribution is -2.37. The van der Waals surface area contributed by atoms with Crippen molar-refractivity contribution >= 4 is 5.96 Å². The molecule has 82 valence electrons. The molecule has 5 N–H and O–H groups in total. The Balaban J connectivity index is 2.92. The van der Waals surface area contributed by atoms with E-state index >= 15 is 0 Å². The lowest BCUT2D eigenvalue weighted by atomic mass is 10.1. The van der Waals surface area contributed by atoms with Crippen LogP contribution in [0.1, 0.15) is 24.1 Å². The first-order valence-electron chi connectivity index (χ1n) is 4.60. The van der Waals surface area contributed by atoms with E-state index in [2.05, 4.69) is 10.4 Å². The summed E-state index contributed by atoms with van der Waals surface area (Å²) in [5.74, 6) is 4.96. The Morgan fingerprint density at radius 1 is 1.53 bits per heavy atom. The summed E-state index contributed by atoms with van der Waals surface area (Å²) in [5, 5.41) is 0. The van der Waals surface area contributed by atoms with Crippen molar-refractivity contribution < 1.29 is 4.39 Å². The van der Waals surface area contributed by atoms with Crippen LogP contribution in [0.4, 0.5) is 4.39 Å². The highest BCUT2D eigenvalue weighted by atomic mass is 19.1. The standard InChI is InChI=1S/C10H15FN4/c1-6-3-4-8(5-9(6)11)7(2)14-10(12)15-13/h3-5,7H,13H2,1-2H3,(H3,12,14,15).